The fraction of sp³-hybridized carbons (Fsp3) is 0.875. The highest BCUT2D eigenvalue weighted by atomic mass is 32.2. The lowest BCUT2D eigenvalue weighted by Gasteiger charge is -2.40. The van der Waals surface area contributed by atoms with Crippen LogP contribution >= 0.6 is 0 Å². The molecule has 0 aliphatic heterocycles. The van der Waals surface area contributed by atoms with E-state index in [0.717, 1.165) is 6.42 Å². The molecule has 0 amide bonds. The van der Waals surface area contributed by atoms with E-state index < -0.39 is 44.9 Å². The Kier molecular flexibility index (Phi) is 6.45. The van der Waals surface area contributed by atoms with E-state index in [-0.39, 0.29) is 19.3 Å². The normalized spacial score (nSPS) is 29.6. The van der Waals surface area contributed by atoms with Gasteiger partial charge in [-0.15, -0.1) is 0 Å². The van der Waals surface area contributed by atoms with Crippen LogP contribution in [0.4, 0.5) is 0 Å². The van der Waals surface area contributed by atoms with E-state index in [9.17, 15) is 22.6 Å². The Bertz CT molecular complexity index is 593. The number of hydrogen-bond donors (Lipinski definition) is 1. The van der Waals surface area contributed by atoms with Crippen LogP contribution in [-0.4, -0.2) is 50.2 Å². The molecule has 2 aliphatic carbocycles. The molecule has 1 N–H and O–H groups in total. The van der Waals surface area contributed by atoms with Crippen LogP contribution in [-0.2, 0) is 33.9 Å². The van der Waals surface area contributed by atoms with Crippen molar-refractivity contribution in [3.8, 4) is 0 Å². The largest absolute Gasteiger partial charge is 0.469 e. The predicted octanol–water partition coefficient (Wildman–Crippen LogP) is 1.68. The Morgan fingerprint density at radius 1 is 0.960 bits per heavy atom. The van der Waals surface area contributed by atoms with Gasteiger partial charge in [-0.3, -0.25) is 14.1 Å². The van der Waals surface area contributed by atoms with Gasteiger partial charge in [-0.05, 0) is 44.9 Å². The molecular formula is C16H26O8S. The first-order valence-corrected chi connectivity index (χ1v) is 9.98. The molecule has 3 atom stereocenters. The van der Waals surface area contributed by atoms with Gasteiger partial charge < -0.3 is 14.2 Å². The summed E-state index contributed by atoms with van der Waals surface area (Å²) in [5.74, 6) is -2.42. The van der Waals surface area contributed by atoms with Crippen LogP contribution in [0.1, 0.15) is 51.4 Å². The maximum absolute atomic E-state index is 12.1. The minimum atomic E-state index is -4.39. The van der Waals surface area contributed by atoms with Gasteiger partial charge in [-0.25, -0.2) is 0 Å². The van der Waals surface area contributed by atoms with Crippen LogP contribution in [0.2, 0.25) is 0 Å². The lowest BCUT2D eigenvalue weighted by Crippen LogP contribution is -2.48. The first kappa shape index (κ1) is 20.1. The molecule has 9 heteroatoms. The number of hydrogen-bond acceptors (Lipinski definition) is 7. The topological polar surface area (TPSA) is 116 Å². The van der Waals surface area contributed by atoms with Gasteiger partial charge >= 0.3 is 11.9 Å². The summed E-state index contributed by atoms with van der Waals surface area (Å²) < 4.78 is 49.0. The molecule has 2 fully saturated rings. The van der Waals surface area contributed by atoms with Crippen molar-refractivity contribution < 1.29 is 36.8 Å². The highest BCUT2D eigenvalue weighted by molar-refractivity contribution is 7.87. The van der Waals surface area contributed by atoms with Crippen molar-refractivity contribution in [2.45, 2.75) is 62.4 Å². The predicted molar refractivity (Wildman–Crippen MR) is 87.1 cm³/mol. The number of methoxy groups -OCH3 is 2. The summed E-state index contributed by atoms with van der Waals surface area (Å²) in [4.78, 5) is 22.4. The number of esters is 2. The zero-order valence-corrected chi connectivity index (χ0v) is 15.4. The smallest absolute Gasteiger partial charge is 0.309 e. The van der Waals surface area contributed by atoms with Crippen LogP contribution in [0.5, 0.6) is 0 Å². The third kappa shape index (κ3) is 4.32. The SMILES string of the molecule is COC(=O)C1CCC(OC2(S(=O)(=O)O)CCCCC2)CC1C(=O)OC. The zero-order valence-electron chi connectivity index (χ0n) is 14.6. The van der Waals surface area contributed by atoms with Crippen molar-refractivity contribution in [2.24, 2.45) is 11.8 Å². The van der Waals surface area contributed by atoms with E-state index in [2.05, 4.69) is 0 Å². The number of ether oxygens (including phenoxy) is 3. The van der Waals surface area contributed by atoms with Gasteiger partial charge in [0.1, 0.15) is 0 Å². The second-order valence-electron chi connectivity index (χ2n) is 6.76. The summed E-state index contributed by atoms with van der Waals surface area (Å²) >= 11 is 0. The van der Waals surface area contributed by atoms with Gasteiger partial charge in [0.15, 0.2) is 4.93 Å². The van der Waals surface area contributed by atoms with Crippen LogP contribution in [0.3, 0.4) is 0 Å². The van der Waals surface area contributed by atoms with E-state index in [0.29, 0.717) is 25.7 Å². The molecule has 0 spiro atoms. The molecule has 2 rings (SSSR count). The fourth-order valence-electron chi connectivity index (χ4n) is 3.92. The Labute approximate surface area is 147 Å². The zero-order chi connectivity index (χ0) is 18.7. The molecule has 2 aliphatic rings. The second-order valence-corrected chi connectivity index (χ2v) is 8.45. The molecule has 0 heterocycles. The van der Waals surface area contributed by atoms with Crippen molar-refractivity contribution in [3.63, 3.8) is 0 Å². The minimum absolute atomic E-state index is 0.156. The molecule has 25 heavy (non-hydrogen) atoms. The molecule has 2 saturated carbocycles. The van der Waals surface area contributed by atoms with E-state index in [1.165, 1.54) is 14.2 Å². The van der Waals surface area contributed by atoms with Crippen LogP contribution < -0.4 is 0 Å². The molecule has 0 bridgehead atoms. The summed E-state index contributed by atoms with van der Waals surface area (Å²) in [6, 6.07) is 0. The molecule has 0 aromatic heterocycles. The maximum atomic E-state index is 12.1. The maximum Gasteiger partial charge on any atom is 0.309 e. The summed E-state index contributed by atoms with van der Waals surface area (Å²) in [6.45, 7) is 0. The van der Waals surface area contributed by atoms with Crippen LogP contribution in [0, 0.1) is 11.8 Å². The average Bonchev–Trinajstić information content (AvgIpc) is 2.60. The standard InChI is InChI=1S/C16H26O8S/c1-22-14(17)12-7-6-11(10-13(12)15(18)23-2)24-16(25(19,20)21)8-4-3-5-9-16/h11-13H,3-10H2,1-2H3,(H,19,20,21). The summed E-state index contributed by atoms with van der Waals surface area (Å²) in [5, 5.41) is 0. The molecular weight excluding hydrogens is 352 g/mol. The van der Waals surface area contributed by atoms with Crippen molar-refractivity contribution >= 4 is 22.1 Å². The van der Waals surface area contributed by atoms with Crippen molar-refractivity contribution in [3.05, 3.63) is 0 Å². The molecule has 0 saturated heterocycles. The van der Waals surface area contributed by atoms with Gasteiger partial charge in [0.05, 0.1) is 32.2 Å². The van der Waals surface area contributed by atoms with Gasteiger partial charge in [0, 0.05) is 0 Å². The Balaban J connectivity index is 2.17. The molecule has 144 valence electrons. The first-order valence-electron chi connectivity index (χ1n) is 8.54. The van der Waals surface area contributed by atoms with Crippen LogP contribution in [0.25, 0.3) is 0 Å². The molecule has 3 unspecified atom stereocenters. The lowest BCUT2D eigenvalue weighted by atomic mass is 9.77. The van der Waals surface area contributed by atoms with E-state index in [1.54, 1.807) is 0 Å². The molecule has 0 radical (unpaired) electrons. The van der Waals surface area contributed by atoms with Gasteiger partial charge in [-0.1, -0.05) is 6.42 Å². The van der Waals surface area contributed by atoms with Crippen molar-refractivity contribution in [2.75, 3.05) is 14.2 Å². The van der Waals surface area contributed by atoms with Crippen LogP contribution in [0.15, 0.2) is 0 Å². The Hall–Kier alpha value is -1.19. The fourth-order valence-corrected chi connectivity index (χ4v) is 4.98. The third-order valence-corrected chi connectivity index (χ3v) is 6.72. The third-order valence-electron chi connectivity index (χ3n) is 5.28. The number of carbonyl (C=O) groups excluding carboxylic acids is 2. The molecule has 8 nitrogen and oxygen atoms in total. The molecule has 0 aromatic carbocycles. The van der Waals surface area contributed by atoms with Gasteiger partial charge in [0.2, 0.25) is 0 Å². The minimum Gasteiger partial charge on any atom is -0.469 e. The highest BCUT2D eigenvalue weighted by Crippen LogP contribution is 2.41. The molecule has 0 aromatic rings. The van der Waals surface area contributed by atoms with E-state index in [1.807, 2.05) is 0 Å². The number of rotatable bonds is 5. The quantitative estimate of drug-likeness (QED) is 0.567. The van der Waals surface area contributed by atoms with Gasteiger partial charge in [-0.2, -0.15) is 8.42 Å². The average molecular weight is 378 g/mol. The lowest BCUT2D eigenvalue weighted by molar-refractivity contribution is -0.165. The monoisotopic (exact) mass is 378 g/mol. The Morgan fingerprint density at radius 3 is 2.04 bits per heavy atom. The summed E-state index contributed by atoms with van der Waals surface area (Å²) in [5.41, 5.74) is 0. The second kappa shape index (κ2) is 8.01. The van der Waals surface area contributed by atoms with Gasteiger partial charge in [0.25, 0.3) is 10.1 Å². The van der Waals surface area contributed by atoms with E-state index >= 15 is 0 Å². The summed E-state index contributed by atoms with van der Waals surface area (Å²) in [6.07, 6.45) is 2.99. The first-order chi connectivity index (χ1) is 11.7. The van der Waals surface area contributed by atoms with Crippen molar-refractivity contribution in [1.29, 1.82) is 0 Å². The number of carbonyl (C=O) groups is 2. The van der Waals surface area contributed by atoms with Crippen molar-refractivity contribution in [1.82, 2.24) is 0 Å². The Morgan fingerprint density at radius 2 is 1.52 bits per heavy atom. The van der Waals surface area contributed by atoms with E-state index in [4.69, 9.17) is 14.2 Å². The highest BCUT2D eigenvalue weighted by Gasteiger charge is 2.49. The summed E-state index contributed by atoms with van der Waals surface area (Å²) in [7, 11) is -1.90.